The van der Waals surface area contributed by atoms with E-state index in [1.54, 1.807) is 23.1 Å². The maximum absolute atomic E-state index is 12.7. The van der Waals surface area contributed by atoms with E-state index in [-0.39, 0.29) is 23.2 Å². The van der Waals surface area contributed by atoms with Crippen LogP contribution in [-0.2, 0) is 14.8 Å². The van der Waals surface area contributed by atoms with Gasteiger partial charge >= 0.3 is 0 Å². The van der Waals surface area contributed by atoms with E-state index in [4.69, 9.17) is 4.74 Å². The molecule has 0 atom stereocenters. The zero-order valence-electron chi connectivity index (χ0n) is 13.3. The van der Waals surface area contributed by atoms with Crippen LogP contribution in [0.5, 0.6) is 0 Å². The van der Waals surface area contributed by atoms with Crippen LogP contribution in [0.3, 0.4) is 0 Å². The minimum atomic E-state index is -3.58. The number of nitrogens with one attached hydrogen (secondary N) is 1. The van der Waals surface area contributed by atoms with Crippen LogP contribution in [-0.4, -0.2) is 76.0 Å². The highest BCUT2D eigenvalue weighted by Crippen LogP contribution is 2.19. The number of hydrogen-bond donors (Lipinski definition) is 1. The molecule has 0 radical (unpaired) electrons. The van der Waals surface area contributed by atoms with Crippen LogP contribution >= 0.6 is 12.4 Å². The van der Waals surface area contributed by atoms with Gasteiger partial charge in [-0.05, 0) is 18.2 Å². The van der Waals surface area contributed by atoms with E-state index in [0.29, 0.717) is 45.0 Å². The number of rotatable bonds is 3. The van der Waals surface area contributed by atoms with Crippen molar-refractivity contribution in [2.75, 3.05) is 52.5 Å². The van der Waals surface area contributed by atoms with Crippen molar-refractivity contribution in [2.24, 2.45) is 0 Å². The topological polar surface area (TPSA) is 79.0 Å². The van der Waals surface area contributed by atoms with Gasteiger partial charge in [0.05, 0.1) is 18.1 Å². The van der Waals surface area contributed by atoms with Gasteiger partial charge in [-0.15, -0.1) is 12.4 Å². The molecule has 0 aliphatic carbocycles. The fourth-order valence-electron chi connectivity index (χ4n) is 2.78. The first-order valence-electron chi connectivity index (χ1n) is 7.77. The Labute approximate surface area is 148 Å². The molecule has 0 unspecified atom stereocenters. The van der Waals surface area contributed by atoms with Crippen molar-refractivity contribution in [2.45, 2.75) is 4.90 Å². The van der Waals surface area contributed by atoms with Gasteiger partial charge in [0.1, 0.15) is 0 Å². The number of sulfonamides is 1. The van der Waals surface area contributed by atoms with Crippen molar-refractivity contribution < 1.29 is 17.9 Å². The lowest BCUT2D eigenvalue weighted by molar-refractivity contribution is 0.0727. The summed E-state index contributed by atoms with van der Waals surface area (Å²) in [5.74, 6) is -0.120. The highest BCUT2D eigenvalue weighted by molar-refractivity contribution is 7.89. The molecule has 2 aliphatic rings. The third-order valence-electron chi connectivity index (χ3n) is 4.09. The summed E-state index contributed by atoms with van der Waals surface area (Å²) in [7, 11) is -3.58. The first kappa shape index (κ1) is 19.1. The summed E-state index contributed by atoms with van der Waals surface area (Å²) in [5, 5.41) is 3.19. The van der Waals surface area contributed by atoms with Gasteiger partial charge in [-0.3, -0.25) is 4.79 Å². The van der Waals surface area contributed by atoms with Gasteiger partial charge in [0.15, 0.2) is 0 Å². The number of carbonyl (C=O) groups excluding carboxylic acids is 1. The van der Waals surface area contributed by atoms with Crippen LogP contribution in [0, 0.1) is 0 Å². The number of morpholine rings is 1. The number of halogens is 1. The fourth-order valence-corrected chi connectivity index (χ4v) is 4.23. The molecule has 0 bridgehead atoms. The molecule has 2 fully saturated rings. The predicted octanol–water partition coefficient (Wildman–Crippen LogP) is 0.175. The molecule has 0 aromatic heterocycles. The van der Waals surface area contributed by atoms with E-state index < -0.39 is 10.0 Å². The molecule has 2 aliphatic heterocycles. The molecule has 134 valence electrons. The van der Waals surface area contributed by atoms with Gasteiger partial charge < -0.3 is 15.0 Å². The Morgan fingerprint density at radius 2 is 1.75 bits per heavy atom. The summed E-state index contributed by atoms with van der Waals surface area (Å²) in [5.41, 5.74) is 0.418. The van der Waals surface area contributed by atoms with E-state index in [2.05, 4.69) is 5.32 Å². The average Bonchev–Trinajstić information content (AvgIpc) is 2.62. The molecule has 9 heteroatoms. The Balaban J connectivity index is 0.00000208. The maximum Gasteiger partial charge on any atom is 0.253 e. The summed E-state index contributed by atoms with van der Waals surface area (Å²) in [6.07, 6.45) is 0. The van der Waals surface area contributed by atoms with Crippen molar-refractivity contribution >= 4 is 28.3 Å². The molecule has 1 N–H and O–H groups in total. The Hall–Kier alpha value is -1.19. The molecule has 2 saturated heterocycles. The second-order valence-corrected chi connectivity index (χ2v) is 7.52. The Kier molecular flexibility index (Phi) is 6.59. The highest BCUT2D eigenvalue weighted by atomic mass is 35.5. The van der Waals surface area contributed by atoms with E-state index in [9.17, 15) is 13.2 Å². The first-order valence-corrected chi connectivity index (χ1v) is 9.21. The minimum Gasteiger partial charge on any atom is -0.379 e. The van der Waals surface area contributed by atoms with Crippen molar-refractivity contribution in [3.8, 4) is 0 Å². The third-order valence-corrected chi connectivity index (χ3v) is 5.99. The van der Waals surface area contributed by atoms with Crippen LogP contribution in [0.25, 0.3) is 0 Å². The molecule has 0 saturated carbocycles. The Morgan fingerprint density at radius 3 is 2.42 bits per heavy atom. The number of piperazine rings is 1. The lowest BCUT2D eigenvalue weighted by Crippen LogP contribution is -2.46. The quantitative estimate of drug-likeness (QED) is 0.815. The standard InChI is InChI=1S/C15H21N3O4S.ClH/c19-15(17-6-4-16-5-7-17)13-2-1-3-14(12-13)23(20,21)18-8-10-22-11-9-18;/h1-3,12,16H,4-11H2;1H. The number of carbonyl (C=O) groups is 1. The van der Waals surface area contributed by atoms with E-state index in [0.717, 1.165) is 13.1 Å². The number of hydrogen-bond acceptors (Lipinski definition) is 5. The van der Waals surface area contributed by atoms with Crippen molar-refractivity contribution in [3.05, 3.63) is 29.8 Å². The van der Waals surface area contributed by atoms with Gasteiger partial charge in [0.2, 0.25) is 10.0 Å². The molecule has 0 spiro atoms. The Morgan fingerprint density at radius 1 is 1.08 bits per heavy atom. The largest absolute Gasteiger partial charge is 0.379 e. The van der Waals surface area contributed by atoms with Crippen LogP contribution < -0.4 is 5.32 Å². The predicted molar refractivity (Wildman–Crippen MR) is 92.0 cm³/mol. The molecule has 24 heavy (non-hydrogen) atoms. The van der Waals surface area contributed by atoms with Crippen LogP contribution in [0.1, 0.15) is 10.4 Å². The lowest BCUT2D eigenvalue weighted by Gasteiger charge is -2.28. The number of benzene rings is 1. The van der Waals surface area contributed by atoms with E-state index >= 15 is 0 Å². The smallest absolute Gasteiger partial charge is 0.253 e. The van der Waals surface area contributed by atoms with Crippen molar-refractivity contribution in [1.29, 1.82) is 0 Å². The van der Waals surface area contributed by atoms with Crippen molar-refractivity contribution in [3.63, 3.8) is 0 Å². The first-order chi connectivity index (χ1) is 11.1. The summed E-state index contributed by atoms with van der Waals surface area (Å²) >= 11 is 0. The summed E-state index contributed by atoms with van der Waals surface area (Å²) < 4.78 is 32.0. The van der Waals surface area contributed by atoms with E-state index in [1.165, 1.54) is 10.4 Å². The normalized spacial score (nSPS) is 19.6. The number of ether oxygens (including phenoxy) is 1. The summed E-state index contributed by atoms with van der Waals surface area (Å²) in [6.45, 7) is 4.29. The maximum atomic E-state index is 12.7. The molecule has 7 nitrogen and oxygen atoms in total. The zero-order chi connectivity index (χ0) is 16.3. The van der Waals surface area contributed by atoms with Crippen LogP contribution in [0.15, 0.2) is 29.2 Å². The third kappa shape index (κ3) is 4.07. The van der Waals surface area contributed by atoms with Crippen molar-refractivity contribution in [1.82, 2.24) is 14.5 Å². The molecule has 1 aromatic rings. The van der Waals surface area contributed by atoms with Gasteiger partial charge in [-0.25, -0.2) is 8.42 Å². The summed E-state index contributed by atoms with van der Waals surface area (Å²) in [6, 6.07) is 6.32. The molecule has 1 amide bonds. The summed E-state index contributed by atoms with van der Waals surface area (Å²) in [4.78, 5) is 14.4. The zero-order valence-corrected chi connectivity index (χ0v) is 14.9. The molecule has 1 aromatic carbocycles. The fraction of sp³-hybridized carbons (Fsp3) is 0.533. The van der Waals surface area contributed by atoms with Crippen LogP contribution in [0.2, 0.25) is 0 Å². The number of nitrogens with zero attached hydrogens (tertiary/aromatic N) is 2. The second kappa shape index (κ2) is 8.26. The minimum absolute atomic E-state index is 0. The van der Waals surface area contributed by atoms with Crippen LogP contribution in [0.4, 0.5) is 0 Å². The monoisotopic (exact) mass is 375 g/mol. The molecule has 3 rings (SSSR count). The van der Waals surface area contributed by atoms with Gasteiger partial charge in [-0.1, -0.05) is 6.07 Å². The SMILES string of the molecule is Cl.O=C(c1cccc(S(=O)(=O)N2CCOCC2)c1)N1CCNCC1. The lowest BCUT2D eigenvalue weighted by atomic mass is 10.2. The molecule has 2 heterocycles. The van der Waals surface area contributed by atoms with Gasteiger partial charge in [0.25, 0.3) is 5.91 Å². The van der Waals surface area contributed by atoms with Gasteiger partial charge in [0, 0.05) is 44.8 Å². The van der Waals surface area contributed by atoms with Gasteiger partial charge in [-0.2, -0.15) is 4.31 Å². The second-order valence-electron chi connectivity index (χ2n) is 5.59. The average molecular weight is 376 g/mol. The highest BCUT2D eigenvalue weighted by Gasteiger charge is 2.27. The van der Waals surface area contributed by atoms with E-state index in [1.807, 2.05) is 0 Å². The Bertz CT molecular complexity index is 671. The molecular formula is C15H22ClN3O4S. The number of amides is 1. The molecular weight excluding hydrogens is 354 g/mol.